The largest absolute Gasteiger partial charge is 0.327 e. The highest BCUT2D eigenvalue weighted by Crippen LogP contribution is 2.26. The van der Waals surface area contributed by atoms with E-state index in [1.54, 1.807) is 12.3 Å². The molecule has 0 bridgehead atoms. The minimum atomic E-state index is 0.593. The Morgan fingerprint density at radius 2 is 2.22 bits per heavy atom. The SMILES string of the molecule is Cc1[nH]ncc1-c1nc2c(C#N)cccc2n1C. The average molecular weight is 237 g/mol. The number of rotatable bonds is 1. The van der Waals surface area contributed by atoms with Gasteiger partial charge in [-0.1, -0.05) is 6.07 Å². The highest BCUT2D eigenvalue weighted by molar-refractivity contribution is 5.85. The molecule has 0 saturated carbocycles. The standard InChI is InChI=1S/C13H11N5/c1-8-10(7-15-17-8)13-16-12-9(6-14)4-3-5-11(12)18(13)2/h3-5,7H,1-2H3,(H,15,17). The van der Waals surface area contributed by atoms with Crippen LogP contribution in [-0.2, 0) is 7.05 Å². The summed E-state index contributed by atoms with van der Waals surface area (Å²) in [6.07, 6.45) is 1.75. The summed E-state index contributed by atoms with van der Waals surface area (Å²) < 4.78 is 1.98. The van der Waals surface area contributed by atoms with Crippen LogP contribution in [0.1, 0.15) is 11.3 Å². The van der Waals surface area contributed by atoms with Crippen LogP contribution >= 0.6 is 0 Å². The summed E-state index contributed by atoms with van der Waals surface area (Å²) in [5.41, 5.74) is 4.20. The molecule has 0 aliphatic carbocycles. The van der Waals surface area contributed by atoms with E-state index in [1.807, 2.05) is 30.7 Å². The summed E-state index contributed by atoms with van der Waals surface area (Å²) in [6, 6.07) is 7.78. The van der Waals surface area contributed by atoms with Gasteiger partial charge in [-0.3, -0.25) is 5.10 Å². The van der Waals surface area contributed by atoms with Crippen LogP contribution in [0.15, 0.2) is 24.4 Å². The second-order valence-electron chi connectivity index (χ2n) is 4.19. The molecule has 2 aromatic heterocycles. The zero-order chi connectivity index (χ0) is 12.7. The second-order valence-corrected chi connectivity index (χ2v) is 4.19. The zero-order valence-electron chi connectivity index (χ0n) is 10.1. The summed E-state index contributed by atoms with van der Waals surface area (Å²) in [4.78, 5) is 4.57. The molecule has 18 heavy (non-hydrogen) atoms. The summed E-state index contributed by atoms with van der Waals surface area (Å²) >= 11 is 0. The van der Waals surface area contributed by atoms with Crippen molar-refractivity contribution in [3.8, 4) is 17.5 Å². The first-order valence-electron chi connectivity index (χ1n) is 5.58. The van der Waals surface area contributed by atoms with Crippen LogP contribution in [0.3, 0.4) is 0 Å². The molecule has 0 aliphatic rings. The van der Waals surface area contributed by atoms with Crippen LogP contribution in [0.4, 0.5) is 0 Å². The summed E-state index contributed by atoms with van der Waals surface area (Å²) in [6.45, 7) is 1.95. The average Bonchev–Trinajstić information content (AvgIpc) is 2.93. The Kier molecular flexibility index (Phi) is 2.17. The Hall–Kier alpha value is -2.61. The van der Waals surface area contributed by atoms with Gasteiger partial charge in [-0.05, 0) is 19.1 Å². The third kappa shape index (κ3) is 1.32. The molecule has 5 heteroatoms. The Morgan fingerprint density at radius 3 is 2.89 bits per heavy atom. The number of aromatic nitrogens is 4. The van der Waals surface area contributed by atoms with Gasteiger partial charge in [0, 0.05) is 12.7 Å². The van der Waals surface area contributed by atoms with Gasteiger partial charge in [0.15, 0.2) is 0 Å². The van der Waals surface area contributed by atoms with E-state index >= 15 is 0 Å². The van der Waals surface area contributed by atoms with E-state index in [-0.39, 0.29) is 0 Å². The number of fused-ring (bicyclic) bond motifs is 1. The fourth-order valence-corrected chi connectivity index (χ4v) is 2.12. The molecule has 0 atom stereocenters. The number of nitrogens with one attached hydrogen (secondary N) is 1. The van der Waals surface area contributed by atoms with Gasteiger partial charge < -0.3 is 4.57 Å². The number of hydrogen-bond donors (Lipinski definition) is 1. The van der Waals surface area contributed by atoms with Crippen molar-refractivity contribution < 1.29 is 0 Å². The second kappa shape index (κ2) is 3.70. The monoisotopic (exact) mass is 237 g/mol. The number of para-hydroxylation sites is 1. The third-order valence-corrected chi connectivity index (χ3v) is 3.10. The van der Waals surface area contributed by atoms with Crippen molar-refractivity contribution in [2.24, 2.45) is 7.05 Å². The fourth-order valence-electron chi connectivity index (χ4n) is 2.12. The van der Waals surface area contributed by atoms with Crippen LogP contribution < -0.4 is 0 Å². The van der Waals surface area contributed by atoms with E-state index in [4.69, 9.17) is 5.26 Å². The number of aryl methyl sites for hydroxylation is 2. The maximum atomic E-state index is 9.10. The molecule has 3 rings (SSSR count). The van der Waals surface area contributed by atoms with Gasteiger partial charge in [0.1, 0.15) is 17.4 Å². The maximum absolute atomic E-state index is 9.10. The topological polar surface area (TPSA) is 70.3 Å². The zero-order valence-corrected chi connectivity index (χ0v) is 10.1. The van der Waals surface area contributed by atoms with Crippen molar-refractivity contribution >= 4 is 11.0 Å². The number of hydrogen-bond acceptors (Lipinski definition) is 3. The van der Waals surface area contributed by atoms with Crippen molar-refractivity contribution in [1.82, 2.24) is 19.7 Å². The summed E-state index contributed by atoms with van der Waals surface area (Å²) in [5.74, 6) is 0.818. The lowest BCUT2D eigenvalue weighted by atomic mass is 10.2. The number of benzene rings is 1. The molecule has 88 valence electrons. The van der Waals surface area contributed by atoms with Crippen LogP contribution in [0.25, 0.3) is 22.4 Å². The molecule has 1 N–H and O–H groups in total. The first-order chi connectivity index (χ1) is 8.72. The molecule has 0 unspecified atom stereocenters. The quantitative estimate of drug-likeness (QED) is 0.704. The molecule has 5 nitrogen and oxygen atoms in total. The molecule has 0 fully saturated rings. The van der Waals surface area contributed by atoms with Crippen molar-refractivity contribution in [3.63, 3.8) is 0 Å². The van der Waals surface area contributed by atoms with E-state index in [1.165, 1.54) is 0 Å². The number of aromatic amines is 1. The van der Waals surface area contributed by atoms with E-state index in [2.05, 4.69) is 21.3 Å². The van der Waals surface area contributed by atoms with E-state index < -0.39 is 0 Å². The van der Waals surface area contributed by atoms with E-state index in [0.717, 1.165) is 28.1 Å². The molecule has 0 amide bonds. The van der Waals surface area contributed by atoms with Crippen molar-refractivity contribution in [2.45, 2.75) is 6.92 Å². The van der Waals surface area contributed by atoms with Crippen LogP contribution in [0.2, 0.25) is 0 Å². The number of imidazole rings is 1. The minimum Gasteiger partial charge on any atom is -0.327 e. The summed E-state index contributed by atoms with van der Waals surface area (Å²) in [7, 11) is 1.94. The number of H-pyrrole nitrogens is 1. The van der Waals surface area contributed by atoms with Gasteiger partial charge in [0.25, 0.3) is 0 Å². The molecular formula is C13H11N5. The minimum absolute atomic E-state index is 0.593. The Bertz CT molecular complexity index is 772. The van der Waals surface area contributed by atoms with Crippen molar-refractivity contribution in [1.29, 1.82) is 5.26 Å². The first kappa shape index (κ1) is 10.5. The Labute approximate surface area is 104 Å². The third-order valence-electron chi connectivity index (χ3n) is 3.10. The molecular weight excluding hydrogens is 226 g/mol. The molecule has 0 radical (unpaired) electrons. The van der Waals surface area contributed by atoms with Crippen molar-refractivity contribution in [2.75, 3.05) is 0 Å². The van der Waals surface area contributed by atoms with Gasteiger partial charge in [0.05, 0.1) is 22.8 Å². The normalized spacial score (nSPS) is 10.7. The summed E-state index contributed by atoms with van der Waals surface area (Å²) in [5, 5.41) is 16.0. The fraction of sp³-hybridized carbons (Fsp3) is 0.154. The van der Waals surface area contributed by atoms with Gasteiger partial charge in [-0.25, -0.2) is 4.98 Å². The molecule has 0 spiro atoms. The Balaban J connectivity index is 2.37. The number of nitriles is 1. The van der Waals surface area contributed by atoms with Gasteiger partial charge in [-0.2, -0.15) is 10.4 Å². The predicted molar refractivity (Wildman–Crippen MR) is 67.7 cm³/mol. The van der Waals surface area contributed by atoms with E-state index in [9.17, 15) is 0 Å². The van der Waals surface area contributed by atoms with Crippen LogP contribution in [-0.4, -0.2) is 19.7 Å². The predicted octanol–water partition coefficient (Wildman–Crippen LogP) is 2.14. The highest BCUT2D eigenvalue weighted by atomic mass is 15.1. The smallest absolute Gasteiger partial charge is 0.144 e. The molecule has 0 saturated heterocycles. The maximum Gasteiger partial charge on any atom is 0.144 e. The lowest BCUT2D eigenvalue weighted by molar-refractivity contribution is 0.957. The molecule has 2 heterocycles. The number of nitrogens with zero attached hydrogens (tertiary/aromatic N) is 4. The van der Waals surface area contributed by atoms with Gasteiger partial charge in [-0.15, -0.1) is 0 Å². The van der Waals surface area contributed by atoms with Crippen LogP contribution in [0.5, 0.6) is 0 Å². The van der Waals surface area contributed by atoms with Gasteiger partial charge in [0.2, 0.25) is 0 Å². The highest BCUT2D eigenvalue weighted by Gasteiger charge is 2.14. The van der Waals surface area contributed by atoms with E-state index in [0.29, 0.717) is 5.56 Å². The lowest BCUT2D eigenvalue weighted by Gasteiger charge is -2.00. The van der Waals surface area contributed by atoms with Crippen molar-refractivity contribution in [3.05, 3.63) is 35.7 Å². The van der Waals surface area contributed by atoms with Crippen LogP contribution in [0, 0.1) is 18.3 Å². The lowest BCUT2D eigenvalue weighted by Crippen LogP contribution is -1.92. The van der Waals surface area contributed by atoms with Gasteiger partial charge >= 0.3 is 0 Å². The first-order valence-corrected chi connectivity index (χ1v) is 5.58. The Morgan fingerprint density at radius 1 is 1.39 bits per heavy atom. The molecule has 0 aliphatic heterocycles. The molecule has 3 aromatic rings. The molecule has 1 aromatic carbocycles.